The number of unbranched alkanes of at least 4 members (excludes halogenated alkanes) is 4. The average molecular weight is 812 g/mol. The highest BCUT2D eigenvalue weighted by molar-refractivity contribution is 6.07. The summed E-state index contributed by atoms with van der Waals surface area (Å²) in [4.78, 5) is 61.2. The van der Waals surface area contributed by atoms with Gasteiger partial charge in [0, 0.05) is 54.2 Å². The predicted molar refractivity (Wildman–Crippen MR) is 223 cm³/mol. The Balaban J connectivity index is 0.00000145. The Bertz CT molecular complexity index is 2240. The van der Waals surface area contributed by atoms with Crippen LogP contribution in [0.1, 0.15) is 80.5 Å². The Morgan fingerprint density at radius 3 is 2.27 bits per heavy atom. The number of ether oxygens (including phenoxy) is 2. The molecule has 0 saturated carbocycles. The first-order valence-electron chi connectivity index (χ1n) is 19.2. The maximum absolute atomic E-state index is 14.0. The maximum Gasteiger partial charge on any atom is 0.435 e. The smallest absolute Gasteiger partial charge is 0.435 e. The molecule has 0 aliphatic carbocycles. The van der Waals surface area contributed by atoms with Crippen LogP contribution in [0.25, 0.3) is 22.2 Å². The molecule has 0 radical (unpaired) electrons. The average Bonchev–Trinajstić information content (AvgIpc) is 3.55. The van der Waals surface area contributed by atoms with Crippen molar-refractivity contribution in [3.05, 3.63) is 102 Å². The van der Waals surface area contributed by atoms with E-state index >= 15 is 0 Å². The molecule has 0 atom stereocenters. The van der Waals surface area contributed by atoms with Crippen LogP contribution in [-0.4, -0.2) is 74.8 Å². The van der Waals surface area contributed by atoms with Gasteiger partial charge in [0.25, 0.3) is 5.91 Å². The third-order valence-corrected chi connectivity index (χ3v) is 9.13. The van der Waals surface area contributed by atoms with E-state index in [9.17, 15) is 28.7 Å². The molecule has 0 fully saturated rings. The molecule has 0 aliphatic rings. The summed E-state index contributed by atoms with van der Waals surface area (Å²) in [5.41, 5.74) is 10.1. The van der Waals surface area contributed by atoms with Gasteiger partial charge in [-0.2, -0.15) is 4.99 Å². The number of halogens is 1. The van der Waals surface area contributed by atoms with Crippen molar-refractivity contribution < 1.29 is 43.3 Å². The van der Waals surface area contributed by atoms with Crippen molar-refractivity contribution in [2.45, 2.75) is 65.3 Å². The van der Waals surface area contributed by atoms with Crippen LogP contribution in [-0.2, 0) is 27.9 Å². The molecule has 2 amide bonds. The third-order valence-electron chi connectivity index (χ3n) is 9.13. The van der Waals surface area contributed by atoms with Crippen LogP contribution in [0.5, 0.6) is 5.75 Å². The summed E-state index contributed by atoms with van der Waals surface area (Å²) in [6, 6.07) is 19.6. The summed E-state index contributed by atoms with van der Waals surface area (Å²) in [5, 5.41) is 20.5. The van der Waals surface area contributed by atoms with Gasteiger partial charge in [0.1, 0.15) is 29.0 Å². The predicted octanol–water partition coefficient (Wildman–Crippen LogP) is 7.81. The lowest BCUT2D eigenvalue weighted by Gasteiger charge is -2.21. The molecule has 0 aliphatic heterocycles. The zero-order valence-electron chi connectivity index (χ0n) is 33.6. The van der Waals surface area contributed by atoms with Gasteiger partial charge in [-0.1, -0.05) is 39.5 Å². The number of carboxylic acids is 2. The number of pyridine rings is 1. The number of amidine groups is 1. The minimum absolute atomic E-state index is 0.0668. The number of nitrogens with zero attached hydrogens (tertiary/aromatic N) is 5. The molecule has 59 heavy (non-hydrogen) atoms. The fourth-order valence-electron chi connectivity index (χ4n) is 5.84. The second kappa shape index (κ2) is 22.2. The van der Waals surface area contributed by atoms with E-state index in [0.29, 0.717) is 52.5 Å². The molecule has 0 unspecified atom stereocenters. The van der Waals surface area contributed by atoms with Gasteiger partial charge < -0.3 is 35.3 Å². The van der Waals surface area contributed by atoms with Crippen molar-refractivity contribution in [1.29, 1.82) is 0 Å². The number of aliphatic carboxylic acids is 2. The summed E-state index contributed by atoms with van der Waals surface area (Å²) in [7, 11) is 3.35. The number of carbonyl (C=O) groups excluding carboxylic acids is 2. The minimum Gasteiger partial charge on any atom is -0.496 e. The monoisotopic (exact) mass is 811 g/mol. The lowest BCUT2D eigenvalue weighted by atomic mass is 10.1. The molecule has 0 bridgehead atoms. The van der Waals surface area contributed by atoms with Gasteiger partial charge in [-0.3, -0.25) is 19.3 Å². The molecule has 312 valence electrons. The highest BCUT2D eigenvalue weighted by atomic mass is 19.1. The van der Waals surface area contributed by atoms with E-state index in [1.54, 1.807) is 49.4 Å². The first-order chi connectivity index (χ1) is 28.3. The Morgan fingerprint density at radius 2 is 1.63 bits per heavy atom. The standard InChI is InChI=1S/C40H44FN7O6.C3H6O2/c1-4-5-6-7-8-21-54-40(52)46-38(42)26-9-14-30(15-10-26)43-25-36-45-32-22-27(11-16-33(32)47(36)2)39(51)48(20-19-37(49)50)35-18-12-28(24-44-35)31-23-29(41)13-17-34(31)53-3;1-2-3(4)5/h9-18,22-24,43H,4-8,19-21,25H2,1-3H3,(H,49,50)(H2,42,46,52);2H2,1H3,(H,4,5). The van der Waals surface area contributed by atoms with Crippen molar-refractivity contribution in [1.82, 2.24) is 14.5 Å². The van der Waals surface area contributed by atoms with E-state index in [-0.39, 0.29) is 31.0 Å². The first-order valence-corrected chi connectivity index (χ1v) is 19.2. The number of fused-ring (bicyclic) bond motifs is 1. The Morgan fingerprint density at radius 1 is 0.915 bits per heavy atom. The van der Waals surface area contributed by atoms with Gasteiger partial charge in [-0.05, 0) is 79.2 Å². The SMILES string of the molecule is CCC(=O)O.CCCCCCCOC(=O)N=C(N)c1ccc(NCc2nc3cc(C(=O)N(CCC(=O)O)c4ccc(-c5cc(F)ccc5OC)cn4)ccc3n2C)cc1. The lowest BCUT2D eigenvalue weighted by molar-refractivity contribution is -0.137. The van der Waals surface area contributed by atoms with Crippen LogP contribution in [0.3, 0.4) is 0 Å². The normalized spacial score (nSPS) is 11.0. The molecule has 0 spiro atoms. The number of aliphatic imine (C=N–C) groups is 1. The van der Waals surface area contributed by atoms with Crippen molar-refractivity contribution in [2.75, 3.05) is 30.5 Å². The van der Waals surface area contributed by atoms with Gasteiger partial charge >= 0.3 is 18.0 Å². The van der Waals surface area contributed by atoms with Gasteiger partial charge in [0.15, 0.2) is 0 Å². The molecule has 5 aromatic rings. The number of aromatic nitrogens is 3. The number of imidazole rings is 1. The van der Waals surface area contributed by atoms with E-state index in [4.69, 9.17) is 25.3 Å². The molecule has 2 aromatic heterocycles. The van der Waals surface area contributed by atoms with Gasteiger partial charge in [-0.15, -0.1) is 0 Å². The number of nitrogens with two attached hydrogens (primary N) is 1. The minimum atomic E-state index is -1.07. The van der Waals surface area contributed by atoms with Gasteiger partial charge in [-0.25, -0.2) is 19.2 Å². The zero-order valence-corrected chi connectivity index (χ0v) is 33.6. The van der Waals surface area contributed by atoms with E-state index < -0.39 is 29.8 Å². The number of anilines is 2. The molecule has 2 heterocycles. The number of benzene rings is 3. The van der Waals surface area contributed by atoms with E-state index in [1.807, 2.05) is 23.7 Å². The summed E-state index contributed by atoms with van der Waals surface area (Å²) in [5.74, 6) is -1.25. The van der Waals surface area contributed by atoms with Gasteiger partial charge in [0.2, 0.25) is 0 Å². The molecular weight excluding hydrogens is 762 g/mol. The summed E-state index contributed by atoms with van der Waals surface area (Å²) < 4.78 is 26.5. The van der Waals surface area contributed by atoms with Crippen molar-refractivity contribution in [3.8, 4) is 16.9 Å². The highest BCUT2D eigenvalue weighted by Gasteiger charge is 2.22. The van der Waals surface area contributed by atoms with Crippen LogP contribution in [0.2, 0.25) is 0 Å². The fraction of sp³-hybridized carbons (Fsp3) is 0.326. The van der Waals surface area contributed by atoms with Gasteiger partial charge in [0.05, 0.1) is 37.7 Å². The number of hydrogen-bond acceptors (Lipinski definition) is 9. The first kappa shape index (κ1) is 44.9. The number of carbonyl (C=O) groups is 4. The number of hydrogen-bond donors (Lipinski definition) is 4. The quantitative estimate of drug-likeness (QED) is 0.0379. The van der Waals surface area contributed by atoms with Crippen molar-refractivity contribution in [3.63, 3.8) is 0 Å². The second-order valence-corrected chi connectivity index (χ2v) is 13.3. The number of carboxylic acid groups (broad SMARTS) is 2. The van der Waals surface area contributed by atoms with Crippen LogP contribution in [0, 0.1) is 5.82 Å². The van der Waals surface area contributed by atoms with Crippen LogP contribution in [0.4, 0.5) is 20.7 Å². The summed E-state index contributed by atoms with van der Waals surface area (Å²) >= 11 is 0. The Labute approximate surface area is 341 Å². The molecule has 5 N–H and O–H groups in total. The van der Waals surface area contributed by atoms with Crippen molar-refractivity contribution >= 4 is 52.3 Å². The molecular formula is C43H50FN7O8. The van der Waals surface area contributed by atoms with Crippen LogP contribution >= 0.6 is 0 Å². The van der Waals surface area contributed by atoms with E-state index in [0.717, 1.165) is 36.9 Å². The Hall–Kier alpha value is -6.84. The van der Waals surface area contributed by atoms with Crippen molar-refractivity contribution in [2.24, 2.45) is 17.8 Å². The number of nitrogens with one attached hydrogen (secondary N) is 1. The highest BCUT2D eigenvalue weighted by Crippen LogP contribution is 2.31. The zero-order chi connectivity index (χ0) is 42.9. The third kappa shape index (κ3) is 13.1. The summed E-state index contributed by atoms with van der Waals surface area (Å²) in [6.45, 7) is 4.29. The molecule has 5 rings (SSSR count). The van der Waals surface area contributed by atoms with Crippen LogP contribution in [0.15, 0.2) is 84.0 Å². The summed E-state index contributed by atoms with van der Waals surface area (Å²) in [6.07, 6.45) is 5.92. The molecule has 15 nitrogen and oxygen atoms in total. The Kier molecular flexibility index (Phi) is 16.9. The molecule has 3 aromatic carbocycles. The van der Waals surface area contributed by atoms with Crippen LogP contribution < -0.4 is 20.7 Å². The number of rotatable bonds is 18. The van der Waals surface area contributed by atoms with E-state index in [1.165, 1.54) is 42.8 Å². The lowest BCUT2D eigenvalue weighted by Crippen LogP contribution is -2.33. The fourth-order valence-corrected chi connectivity index (χ4v) is 5.84. The number of methoxy groups -OCH3 is 1. The molecule has 0 saturated heterocycles. The van der Waals surface area contributed by atoms with E-state index in [2.05, 4.69) is 22.2 Å². The number of amides is 2. The largest absolute Gasteiger partial charge is 0.496 e. The topological polar surface area (TPSA) is 212 Å². The maximum atomic E-state index is 14.0. The molecule has 16 heteroatoms. The number of aryl methyl sites for hydroxylation is 1. The second-order valence-electron chi connectivity index (χ2n) is 13.3.